The van der Waals surface area contributed by atoms with Crippen molar-refractivity contribution in [3.05, 3.63) is 52.9 Å². The van der Waals surface area contributed by atoms with Crippen molar-refractivity contribution in [2.75, 3.05) is 56.3 Å². The van der Waals surface area contributed by atoms with Crippen molar-refractivity contribution < 1.29 is 28.6 Å². The Morgan fingerprint density at radius 2 is 1.83 bits per heavy atom. The van der Waals surface area contributed by atoms with Crippen molar-refractivity contribution in [3.63, 3.8) is 0 Å². The molecule has 2 aliphatic heterocycles. The summed E-state index contributed by atoms with van der Waals surface area (Å²) in [6.07, 6.45) is 1.61. The molecule has 2 aromatic rings. The summed E-state index contributed by atoms with van der Waals surface area (Å²) in [5.74, 6) is 0.237. The van der Waals surface area contributed by atoms with Crippen molar-refractivity contribution in [1.29, 1.82) is 0 Å². The lowest BCUT2D eigenvalue weighted by Gasteiger charge is -2.30. The van der Waals surface area contributed by atoms with Crippen molar-refractivity contribution in [2.24, 2.45) is 0 Å². The van der Waals surface area contributed by atoms with Crippen LogP contribution in [0.2, 0.25) is 0 Å². The van der Waals surface area contributed by atoms with E-state index in [2.05, 4.69) is 10.2 Å². The second-order valence-corrected chi connectivity index (χ2v) is 8.99. The molecule has 2 aromatic carbocycles. The molecule has 3 amide bonds. The molecule has 0 saturated carbocycles. The zero-order valence-electron chi connectivity index (χ0n) is 20.3. The predicted molar refractivity (Wildman–Crippen MR) is 140 cm³/mol. The van der Waals surface area contributed by atoms with Crippen LogP contribution in [0.15, 0.2) is 47.4 Å². The molecule has 190 valence electrons. The molecule has 2 aliphatic rings. The average molecular weight is 512 g/mol. The largest absolute Gasteiger partial charge is 0.494 e. The van der Waals surface area contributed by atoms with Crippen LogP contribution in [-0.2, 0) is 14.3 Å². The summed E-state index contributed by atoms with van der Waals surface area (Å²) < 4.78 is 16.6. The Kier molecular flexibility index (Phi) is 8.50. The zero-order chi connectivity index (χ0) is 25.5. The first-order valence-electron chi connectivity index (χ1n) is 11.9. The molecule has 4 rings (SSSR count). The summed E-state index contributed by atoms with van der Waals surface area (Å²) in [6, 6.07) is 12.8. The van der Waals surface area contributed by atoms with Crippen LogP contribution in [-0.4, -0.2) is 68.0 Å². The molecule has 9 nitrogen and oxygen atoms in total. The minimum Gasteiger partial charge on any atom is -0.494 e. The van der Waals surface area contributed by atoms with Gasteiger partial charge in [0, 0.05) is 24.7 Å². The first-order chi connectivity index (χ1) is 17.5. The maximum atomic E-state index is 13.0. The Hall–Kier alpha value is -3.50. The highest BCUT2D eigenvalue weighted by Crippen LogP contribution is 2.35. The number of imide groups is 1. The van der Waals surface area contributed by atoms with Crippen molar-refractivity contribution in [2.45, 2.75) is 13.8 Å². The molecule has 0 radical (unpaired) electrons. The third-order valence-corrected chi connectivity index (χ3v) is 6.50. The Balaban J connectivity index is 1.46. The number of anilines is 2. The van der Waals surface area contributed by atoms with E-state index in [9.17, 15) is 14.4 Å². The molecular formula is C26H29N3O6S. The van der Waals surface area contributed by atoms with Crippen LogP contribution in [0.1, 0.15) is 19.4 Å². The molecular weight excluding hydrogens is 482 g/mol. The Labute approximate surface area is 214 Å². The van der Waals surface area contributed by atoms with Crippen LogP contribution in [0.5, 0.6) is 11.5 Å². The van der Waals surface area contributed by atoms with Crippen LogP contribution in [0, 0.1) is 0 Å². The van der Waals surface area contributed by atoms with Crippen LogP contribution >= 0.6 is 11.8 Å². The van der Waals surface area contributed by atoms with Crippen LogP contribution in [0.3, 0.4) is 0 Å². The van der Waals surface area contributed by atoms with Gasteiger partial charge in [-0.2, -0.15) is 0 Å². The molecule has 10 heteroatoms. The summed E-state index contributed by atoms with van der Waals surface area (Å²) in [4.78, 5) is 41.8. The molecule has 36 heavy (non-hydrogen) atoms. The summed E-state index contributed by atoms with van der Waals surface area (Å²) in [6.45, 7) is 7.00. The van der Waals surface area contributed by atoms with Gasteiger partial charge in [0.15, 0.2) is 0 Å². The number of carbonyl (C=O) groups is 3. The van der Waals surface area contributed by atoms with E-state index in [-0.39, 0.29) is 11.4 Å². The number of ether oxygens (including phenoxy) is 3. The highest BCUT2D eigenvalue weighted by molar-refractivity contribution is 8.18. The molecule has 0 bridgehead atoms. The number of nitrogens with one attached hydrogen (secondary N) is 1. The van der Waals surface area contributed by atoms with Crippen LogP contribution in [0.4, 0.5) is 16.2 Å². The van der Waals surface area contributed by atoms with E-state index in [1.165, 1.54) is 0 Å². The number of hydrogen-bond donors (Lipinski definition) is 1. The maximum absolute atomic E-state index is 13.0. The summed E-state index contributed by atoms with van der Waals surface area (Å²) in [5, 5.41) is 2.36. The minimum atomic E-state index is -0.516. The monoisotopic (exact) mass is 511 g/mol. The van der Waals surface area contributed by atoms with E-state index < -0.39 is 17.1 Å². The highest BCUT2D eigenvalue weighted by atomic mass is 32.2. The number of rotatable bonds is 9. The van der Waals surface area contributed by atoms with Gasteiger partial charge in [0.05, 0.1) is 42.7 Å². The number of nitrogens with zero attached hydrogens (tertiary/aromatic N) is 2. The lowest BCUT2D eigenvalue weighted by Crippen LogP contribution is -2.38. The number of amides is 3. The highest BCUT2D eigenvalue weighted by Gasteiger charge is 2.36. The Morgan fingerprint density at radius 1 is 1.08 bits per heavy atom. The quantitative estimate of drug-likeness (QED) is 0.505. The fourth-order valence-corrected chi connectivity index (χ4v) is 4.77. The third kappa shape index (κ3) is 6.00. The molecule has 0 unspecified atom stereocenters. The first kappa shape index (κ1) is 25.6. The molecule has 2 saturated heterocycles. The fourth-order valence-electron chi connectivity index (χ4n) is 3.94. The number of hydrogen-bond acceptors (Lipinski definition) is 8. The van der Waals surface area contributed by atoms with E-state index in [1.54, 1.807) is 30.3 Å². The van der Waals surface area contributed by atoms with Crippen molar-refractivity contribution in [3.8, 4) is 11.5 Å². The smallest absolute Gasteiger partial charge is 0.294 e. The number of thioether (sulfide) groups is 1. The number of carbonyl (C=O) groups excluding carboxylic acids is 3. The van der Waals surface area contributed by atoms with Gasteiger partial charge in [-0.25, -0.2) is 0 Å². The van der Waals surface area contributed by atoms with Gasteiger partial charge in [-0.3, -0.25) is 19.3 Å². The second-order valence-electron chi connectivity index (χ2n) is 8.00. The molecule has 0 atom stereocenters. The van der Waals surface area contributed by atoms with E-state index in [1.807, 2.05) is 32.0 Å². The lowest BCUT2D eigenvalue weighted by atomic mass is 10.1. The van der Waals surface area contributed by atoms with Gasteiger partial charge in [-0.15, -0.1) is 0 Å². The van der Waals surface area contributed by atoms with Crippen molar-refractivity contribution in [1.82, 2.24) is 4.90 Å². The standard InChI is InChI=1S/C26H29N3O6S/c1-3-34-19-10-9-18(22(16-19)35-4-2)15-23-25(31)29(26(32)36-23)17-24(30)27-20-7-5-6-8-21(20)28-11-13-33-14-12-28/h5-10,15-16H,3-4,11-14,17H2,1-2H3,(H,27,30)/b23-15+. The molecule has 0 aliphatic carbocycles. The van der Waals surface area contributed by atoms with E-state index >= 15 is 0 Å². The summed E-state index contributed by atoms with van der Waals surface area (Å²) in [7, 11) is 0. The first-order valence-corrected chi connectivity index (χ1v) is 12.7. The lowest BCUT2D eigenvalue weighted by molar-refractivity contribution is -0.127. The van der Waals surface area contributed by atoms with Crippen LogP contribution < -0.4 is 19.7 Å². The number of para-hydroxylation sites is 2. The number of benzene rings is 2. The topological polar surface area (TPSA) is 97.4 Å². The van der Waals surface area contributed by atoms with Gasteiger partial charge in [0.1, 0.15) is 18.0 Å². The minimum absolute atomic E-state index is 0.228. The number of morpholine rings is 1. The summed E-state index contributed by atoms with van der Waals surface area (Å²) in [5.41, 5.74) is 2.15. The van der Waals surface area contributed by atoms with E-state index in [4.69, 9.17) is 14.2 Å². The second kappa shape index (κ2) is 12.0. The molecule has 2 heterocycles. The fraction of sp³-hybridized carbons (Fsp3) is 0.346. The van der Waals surface area contributed by atoms with Gasteiger partial charge in [0.25, 0.3) is 11.1 Å². The normalized spacial score (nSPS) is 17.0. The van der Waals surface area contributed by atoms with E-state index in [0.717, 1.165) is 35.4 Å². The van der Waals surface area contributed by atoms with Crippen LogP contribution in [0.25, 0.3) is 6.08 Å². The van der Waals surface area contributed by atoms with Gasteiger partial charge in [0.2, 0.25) is 5.91 Å². The Morgan fingerprint density at radius 3 is 2.58 bits per heavy atom. The SMILES string of the molecule is CCOc1ccc(/C=C2/SC(=O)N(CC(=O)Nc3ccccc3N3CCOCC3)C2=O)c(OCC)c1. The van der Waals surface area contributed by atoms with Gasteiger partial charge >= 0.3 is 0 Å². The average Bonchev–Trinajstić information content (AvgIpc) is 3.14. The molecule has 0 aromatic heterocycles. The molecule has 1 N–H and O–H groups in total. The van der Waals surface area contributed by atoms with Gasteiger partial charge < -0.3 is 24.4 Å². The zero-order valence-corrected chi connectivity index (χ0v) is 21.1. The summed E-state index contributed by atoms with van der Waals surface area (Å²) >= 11 is 0.802. The van der Waals surface area contributed by atoms with E-state index in [0.29, 0.717) is 49.2 Å². The molecule has 0 spiro atoms. The maximum Gasteiger partial charge on any atom is 0.294 e. The van der Waals surface area contributed by atoms with Gasteiger partial charge in [-0.05, 0) is 56.0 Å². The Bertz CT molecular complexity index is 1160. The van der Waals surface area contributed by atoms with Crippen molar-refractivity contribution >= 4 is 46.3 Å². The predicted octanol–water partition coefficient (Wildman–Crippen LogP) is 4.00. The van der Waals surface area contributed by atoms with Gasteiger partial charge in [-0.1, -0.05) is 12.1 Å². The molecule has 2 fully saturated rings. The third-order valence-electron chi connectivity index (χ3n) is 5.59.